The lowest BCUT2D eigenvalue weighted by atomic mass is 9.98. The van der Waals surface area contributed by atoms with Gasteiger partial charge in [-0.3, -0.25) is 9.11 Å². The predicted octanol–water partition coefficient (Wildman–Crippen LogP) is 9.27. The highest BCUT2D eigenvalue weighted by Crippen LogP contribution is 2.39. The van der Waals surface area contributed by atoms with Crippen LogP contribution in [0.2, 0.25) is 0 Å². The fourth-order valence-electron chi connectivity index (χ4n) is 5.81. The van der Waals surface area contributed by atoms with Crippen LogP contribution in [0.5, 0.6) is 0 Å². The Bertz CT molecular complexity index is 2420. The fourth-order valence-corrected chi connectivity index (χ4v) is 7.10. The molecule has 6 N–H and O–H groups in total. The van der Waals surface area contributed by atoms with E-state index in [0.717, 1.165) is 22.3 Å². The zero-order valence-corrected chi connectivity index (χ0v) is 28.6. The van der Waals surface area contributed by atoms with Crippen molar-refractivity contribution in [1.82, 2.24) is 0 Å². The van der Waals surface area contributed by atoms with Crippen LogP contribution in [-0.2, 0) is 33.1 Å². The Morgan fingerprint density at radius 2 is 0.840 bits per heavy atom. The molecule has 6 aromatic rings. The molecule has 0 saturated heterocycles. The molecule has 0 bridgehead atoms. The van der Waals surface area contributed by atoms with Crippen molar-refractivity contribution in [3.8, 4) is 11.1 Å². The molecular weight excluding hydrogens is 677 g/mol. The van der Waals surface area contributed by atoms with Gasteiger partial charge in [0.25, 0.3) is 20.2 Å². The fraction of sp³-hybridized carbons (Fsp3) is 0.111. The second-order valence-corrected chi connectivity index (χ2v) is 14.2. The van der Waals surface area contributed by atoms with Crippen LogP contribution in [0.1, 0.15) is 25.0 Å². The number of nitrogens with zero attached hydrogens (tertiary/aromatic N) is 4. The molecule has 0 aliphatic carbocycles. The van der Waals surface area contributed by atoms with Crippen molar-refractivity contribution >= 4 is 75.9 Å². The first kappa shape index (κ1) is 34.3. The summed E-state index contributed by atoms with van der Waals surface area (Å²) in [5, 5.41) is 19.7. The van der Waals surface area contributed by atoms with E-state index >= 15 is 0 Å². The molecule has 0 aliphatic rings. The van der Waals surface area contributed by atoms with E-state index in [1.807, 2.05) is 50.2 Å². The van der Waals surface area contributed by atoms with Crippen molar-refractivity contribution in [3.05, 3.63) is 108 Å². The molecule has 0 fully saturated rings. The number of azo groups is 2. The number of nitrogen functional groups attached to an aromatic ring is 2. The van der Waals surface area contributed by atoms with E-state index in [-0.39, 0.29) is 22.7 Å². The number of hydrogen-bond acceptors (Lipinski definition) is 10. The van der Waals surface area contributed by atoms with Crippen LogP contribution in [-0.4, -0.2) is 25.9 Å². The van der Waals surface area contributed by atoms with Gasteiger partial charge in [0.05, 0.1) is 34.1 Å². The molecule has 12 nitrogen and oxygen atoms in total. The number of rotatable bonds is 9. The lowest BCUT2D eigenvalue weighted by molar-refractivity contribution is 0.481. The van der Waals surface area contributed by atoms with Crippen LogP contribution < -0.4 is 11.5 Å². The van der Waals surface area contributed by atoms with Crippen molar-refractivity contribution in [2.75, 3.05) is 11.5 Å². The van der Waals surface area contributed by atoms with Gasteiger partial charge in [0.15, 0.2) is 0 Å². The second kappa shape index (κ2) is 13.4. The lowest BCUT2D eigenvalue weighted by Gasteiger charge is -2.11. The predicted molar refractivity (Wildman–Crippen MR) is 195 cm³/mol. The summed E-state index contributed by atoms with van der Waals surface area (Å²) < 4.78 is 67.6. The van der Waals surface area contributed by atoms with E-state index in [2.05, 4.69) is 20.5 Å². The molecular formula is C36H32N6O6S2. The minimum Gasteiger partial charge on any atom is -0.397 e. The SMILES string of the molecule is CCc1cc(-c2ccc(/N=N/c3cc(S(=O)(=O)O)c(N)c4ccccc34)c(CC)c2)ccc1/N=N/c1cc(S(=O)(=O)O)c(N)c2ccccc12. The molecule has 0 unspecified atom stereocenters. The largest absolute Gasteiger partial charge is 0.397 e. The highest BCUT2D eigenvalue weighted by Gasteiger charge is 2.20. The number of anilines is 2. The molecule has 0 atom stereocenters. The molecule has 6 aromatic carbocycles. The summed E-state index contributed by atoms with van der Waals surface area (Å²) in [5.74, 6) is 0. The number of fused-ring (bicyclic) bond motifs is 2. The summed E-state index contributed by atoms with van der Waals surface area (Å²) in [6, 6.07) is 27.7. The molecule has 50 heavy (non-hydrogen) atoms. The Labute approximate surface area is 288 Å². The highest BCUT2D eigenvalue weighted by molar-refractivity contribution is 7.86. The van der Waals surface area contributed by atoms with Gasteiger partial charge in [-0.15, -0.1) is 10.2 Å². The van der Waals surface area contributed by atoms with E-state index in [0.29, 0.717) is 45.8 Å². The Morgan fingerprint density at radius 1 is 0.500 bits per heavy atom. The van der Waals surface area contributed by atoms with Crippen molar-refractivity contribution in [2.24, 2.45) is 20.5 Å². The maximum absolute atomic E-state index is 12.0. The number of hydrogen-bond donors (Lipinski definition) is 4. The Balaban J connectivity index is 1.34. The van der Waals surface area contributed by atoms with Gasteiger partial charge < -0.3 is 11.5 Å². The van der Waals surface area contributed by atoms with Crippen LogP contribution in [0.4, 0.5) is 34.1 Å². The van der Waals surface area contributed by atoms with Gasteiger partial charge >= 0.3 is 0 Å². The zero-order chi connectivity index (χ0) is 35.8. The van der Waals surface area contributed by atoms with Gasteiger partial charge in [0, 0.05) is 21.5 Å². The molecule has 0 radical (unpaired) electrons. The smallest absolute Gasteiger partial charge is 0.296 e. The third-order valence-corrected chi connectivity index (χ3v) is 10.2. The maximum atomic E-state index is 12.0. The van der Waals surface area contributed by atoms with Crippen LogP contribution >= 0.6 is 0 Å². The van der Waals surface area contributed by atoms with Crippen LogP contribution in [0.3, 0.4) is 0 Å². The molecule has 0 aromatic heterocycles. The summed E-state index contributed by atoms with van der Waals surface area (Å²) in [5.41, 5.74) is 17.3. The van der Waals surface area contributed by atoms with Gasteiger partial charge in [-0.2, -0.15) is 27.1 Å². The molecule has 0 saturated carbocycles. The van der Waals surface area contributed by atoms with E-state index in [4.69, 9.17) is 11.5 Å². The highest BCUT2D eigenvalue weighted by atomic mass is 32.2. The first-order valence-electron chi connectivity index (χ1n) is 15.5. The minimum absolute atomic E-state index is 0.0652. The van der Waals surface area contributed by atoms with Crippen LogP contribution in [0.15, 0.2) is 127 Å². The molecule has 0 spiro atoms. The summed E-state index contributed by atoms with van der Waals surface area (Å²) in [4.78, 5) is -0.869. The van der Waals surface area contributed by atoms with Gasteiger partial charge in [0.2, 0.25) is 0 Å². The van der Waals surface area contributed by atoms with Gasteiger partial charge in [-0.05, 0) is 71.5 Å². The molecule has 6 rings (SSSR count). The molecule has 254 valence electrons. The normalized spacial score (nSPS) is 12.5. The zero-order valence-electron chi connectivity index (χ0n) is 26.9. The number of aryl methyl sites for hydroxylation is 2. The average Bonchev–Trinajstić information content (AvgIpc) is 3.10. The molecule has 14 heteroatoms. The standard InChI is InChI=1S/C36H32N6O6S2/c1-3-21-17-23(13-15-29(21)39-41-31-19-33(49(43,44)45)35(37)27-11-7-5-9-25(27)31)24-14-16-30(22(4-2)18-24)40-42-32-20-34(50(46,47)48)36(38)28-12-8-6-10-26(28)32/h5-20H,3-4,37-38H2,1-2H3,(H,43,44,45)(H,46,47,48)/b41-39+,42-40+. The number of nitrogens with two attached hydrogens (primary N) is 2. The van der Waals surface area contributed by atoms with E-state index < -0.39 is 30.0 Å². The topological polar surface area (TPSA) is 210 Å². The van der Waals surface area contributed by atoms with Gasteiger partial charge in [0.1, 0.15) is 9.79 Å². The van der Waals surface area contributed by atoms with E-state index in [9.17, 15) is 25.9 Å². The van der Waals surface area contributed by atoms with Crippen molar-refractivity contribution in [1.29, 1.82) is 0 Å². The molecule has 0 amide bonds. The maximum Gasteiger partial charge on any atom is 0.296 e. The Kier molecular flexibility index (Phi) is 9.20. The summed E-state index contributed by atoms with van der Waals surface area (Å²) in [6.07, 6.45) is 1.27. The van der Waals surface area contributed by atoms with Crippen LogP contribution in [0, 0.1) is 0 Å². The molecule has 0 aliphatic heterocycles. The molecule has 0 heterocycles. The van der Waals surface area contributed by atoms with Crippen molar-refractivity contribution in [3.63, 3.8) is 0 Å². The van der Waals surface area contributed by atoms with Gasteiger partial charge in [-0.25, -0.2) is 0 Å². The monoisotopic (exact) mass is 708 g/mol. The Hall–Kier alpha value is -5.54. The minimum atomic E-state index is -4.60. The Morgan fingerprint density at radius 3 is 1.18 bits per heavy atom. The summed E-state index contributed by atoms with van der Waals surface area (Å²) in [6.45, 7) is 3.98. The van der Waals surface area contributed by atoms with Crippen molar-refractivity contribution in [2.45, 2.75) is 36.5 Å². The third kappa shape index (κ3) is 6.69. The van der Waals surface area contributed by atoms with E-state index in [1.54, 1.807) is 48.5 Å². The van der Waals surface area contributed by atoms with E-state index in [1.165, 1.54) is 12.1 Å². The van der Waals surface area contributed by atoms with Crippen LogP contribution in [0.25, 0.3) is 32.7 Å². The number of benzene rings is 6. The van der Waals surface area contributed by atoms with Gasteiger partial charge in [-0.1, -0.05) is 74.5 Å². The summed E-state index contributed by atoms with van der Waals surface area (Å²) >= 11 is 0. The average molecular weight is 709 g/mol. The first-order chi connectivity index (χ1) is 23.8. The first-order valence-corrected chi connectivity index (χ1v) is 18.3. The third-order valence-electron chi connectivity index (χ3n) is 8.39. The lowest BCUT2D eigenvalue weighted by Crippen LogP contribution is -2.03. The second-order valence-electron chi connectivity index (χ2n) is 11.5. The quantitative estimate of drug-likeness (QED) is 0.0644. The van der Waals surface area contributed by atoms with Crippen molar-refractivity contribution < 1.29 is 25.9 Å². The summed E-state index contributed by atoms with van der Waals surface area (Å²) in [7, 11) is -9.20.